The first-order chi connectivity index (χ1) is 15.6. The molecule has 0 aliphatic heterocycles. The molecular formula is C19H27BN6O6-4. The van der Waals surface area contributed by atoms with Crippen molar-refractivity contribution in [1.82, 2.24) is 0 Å². The number of rotatable bonds is 6. The van der Waals surface area contributed by atoms with Crippen molar-refractivity contribution in [3.05, 3.63) is 15.6 Å². The van der Waals surface area contributed by atoms with Crippen molar-refractivity contribution in [2.75, 3.05) is 0 Å². The van der Waals surface area contributed by atoms with E-state index in [1.807, 2.05) is 0 Å². The summed E-state index contributed by atoms with van der Waals surface area (Å²) in [5.41, 5.74) is 2.25. The molecule has 0 aromatic rings. The maximum absolute atomic E-state index is 11.1. The summed E-state index contributed by atoms with van der Waals surface area (Å²) in [6.07, 6.45) is 8.29. The summed E-state index contributed by atoms with van der Waals surface area (Å²) in [6, 6.07) is 0. The van der Waals surface area contributed by atoms with E-state index in [0.29, 0.717) is 72.8 Å². The third kappa shape index (κ3) is 6.20. The molecule has 0 aromatic heterocycles. The van der Waals surface area contributed by atoms with Crippen LogP contribution in [0.15, 0.2) is 30.9 Å². The number of hydrogen-bond donors (Lipinski definition) is 0. The zero-order chi connectivity index (χ0) is 22.8. The van der Waals surface area contributed by atoms with E-state index in [9.17, 15) is 15.6 Å². The van der Waals surface area contributed by atoms with Crippen LogP contribution in [-0.2, 0) is 14.3 Å². The van der Waals surface area contributed by atoms with Crippen LogP contribution in [0.4, 0.5) is 0 Å². The Hall–Kier alpha value is -3.12. The molecule has 0 spiro atoms. The average Bonchev–Trinajstić information content (AvgIpc) is 2.85. The van der Waals surface area contributed by atoms with Crippen molar-refractivity contribution in [2.45, 2.75) is 83.9 Å². The Morgan fingerprint density at radius 3 is 1.00 bits per heavy atom. The minimum Gasteiger partial charge on any atom is -0.792 e. The van der Waals surface area contributed by atoms with Gasteiger partial charge in [-0.15, -0.1) is 15.5 Å². The van der Waals surface area contributed by atoms with Gasteiger partial charge in [0.05, 0.1) is 34.3 Å². The third-order valence-corrected chi connectivity index (χ3v) is 5.62. The molecule has 0 bridgehead atoms. The molecule has 0 atom stereocenters. The lowest BCUT2D eigenvalue weighted by Crippen LogP contribution is -2.40. The minimum atomic E-state index is -2.70. The monoisotopic (exact) mass is 446 g/mol. The van der Waals surface area contributed by atoms with Crippen LogP contribution in [0.1, 0.15) is 77.0 Å². The number of oxime groups is 3. The Bertz CT molecular complexity index is 746. The standard InChI is InChI=1S/C19H30BN6O6/c1-20(30-24-17-11-5-2-8-14(17)21-27,31-25-18-12-6-3-9-15(18)22-28)32-26-19-13-7-4-10-16(19)23-29/h27-29H,2-13H2,1H3/q-1/p-3/b21-14-,22-15-,23-16-,24-17+,25-18+,26-19+. The van der Waals surface area contributed by atoms with Crippen LogP contribution < -0.4 is 0 Å². The van der Waals surface area contributed by atoms with Crippen LogP contribution in [0.2, 0.25) is 6.82 Å². The molecule has 0 N–H and O–H groups in total. The summed E-state index contributed by atoms with van der Waals surface area (Å²) in [5, 5.41) is 54.5. The molecule has 13 heteroatoms. The predicted molar refractivity (Wildman–Crippen MR) is 125 cm³/mol. The van der Waals surface area contributed by atoms with Crippen molar-refractivity contribution in [3.63, 3.8) is 0 Å². The minimum absolute atomic E-state index is 0.327. The lowest BCUT2D eigenvalue weighted by molar-refractivity contribution is 0.0729. The molecule has 0 unspecified atom stereocenters. The second-order valence-electron chi connectivity index (χ2n) is 8.16. The highest BCUT2D eigenvalue weighted by atomic mass is 16.9. The smallest absolute Gasteiger partial charge is 0.606 e. The van der Waals surface area contributed by atoms with E-state index in [1.54, 1.807) is 0 Å². The Kier molecular flexibility index (Phi) is 8.45. The van der Waals surface area contributed by atoms with E-state index >= 15 is 0 Å². The quantitative estimate of drug-likeness (QED) is 0.437. The maximum Gasteiger partial charge on any atom is 0.606 e. The zero-order valence-electron chi connectivity index (χ0n) is 18.2. The fourth-order valence-electron chi connectivity index (χ4n) is 3.75. The SMILES string of the molecule is C[B-](O/N=C1\CCCC\C1=N\[O-])(O/N=C1\CCCC\C1=N\[O-])O/N=C1\CCCC\C1=N\[O-]. The molecule has 0 aromatic carbocycles. The fraction of sp³-hybridized carbons (Fsp3) is 0.684. The molecule has 0 saturated heterocycles. The summed E-state index contributed by atoms with van der Waals surface area (Å²) < 4.78 is 16.7. The Labute approximate surface area is 186 Å². The summed E-state index contributed by atoms with van der Waals surface area (Å²) in [5.74, 6) is 0. The molecule has 3 rings (SSSR count). The molecule has 176 valence electrons. The Balaban J connectivity index is 1.82. The molecule has 12 nitrogen and oxygen atoms in total. The van der Waals surface area contributed by atoms with Crippen molar-refractivity contribution in [3.8, 4) is 0 Å². The van der Waals surface area contributed by atoms with E-state index in [-0.39, 0.29) is 0 Å². The first-order valence-electron chi connectivity index (χ1n) is 11.1. The normalized spacial score (nSPS) is 28.0. The van der Waals surface area contributed by atoms with Crippen molar-refractivity contribution in [1.29, 1.82) is 0 Å². The molecule has 32 heavy (non-hydrogen) atoms. The Morgan fingerprint density at radius 1 is 0.500 bits per heavy atom. The van der Waals surface area contributed by atoms with Gasteiger partial charge in [-0.05, 0) is 77.0 Å². The summed E-state index contributed by atoms with van der Waals surface area (Å²) in [7, 11) is 0. The van der Waals surface area contributed by atoms with Crippen molar-refractivity contribution >= 4 is 41.0 Å². The van der Waals surface area contributed by atoms with Gasteiger partial charge in [0.1, 0.15) is 0 Å². The van der Waals surface area contributed by atoms with Crippen LogP contribution in [0.25, 0.3) is 0 Å². The van der Waals surface area contributed by atoms with Gasteiger partial charge in [0.2, 0.25) is 0 Å². The van der Waals surface area contributed by atoms with E-state index in [4.69, 9.17) is 14.3 Å². The second-order valence-corrected chi connectivity index (χ2v) is 8.16. The summed E-state index contributed by atoms with van der Waals surface area (Å²) >= 11 is 0. The largest absolute Gasteiger partial charge is 0.792 e. The third-order valence-electron chi connectivity index (χ3n) is 5.62. The van der Waals surface area contributed by atoms with Gasteiger partial charge in [0.25, 0.3) is 0 Å². The summed E-state index contributed by atoms with van der Waals surface area (Å²) in [6.45, 7) is -1.24. The van der Waals surface area contributed by atoms with E-state index < -0.39 is 6.75 Å². The van der Waals surface area contributed by atoms with Gasteiger partial charge in [0, 0.05) is 0 Å². The molecule has 0 heterocycles. The van der Waals surface area contributed by atoms with Crippen LogP contribution in [-0.4, -0.2) is 41.0 Å². The molecule has 0 amide bonds. The molecule has 3 aliphatic rings. The summed E-state index contributed by atoms with van der Waals surface area (Å²) in [4.78, 5) is 0. The van der Waals surface area contributed by atoms with Gasteiger partial charge in [-0.1, -0.05) is 6.82 Å². The fourth-order valence-corrected chi connectivity index (χ4v) is 3.75. The first kappa shape index (κ1) is 23.5. The molecule has 3 saturated carbocycles. The van der Waals surface area contributed by atoms with Crippen molar-refractivity contribution in [2.24, 2.45) is 30.9 Å². The highest BCUT2D eigenvalue weighted by Gasteiger charge is 2.33. The van der Waals surface area contributed by atoms with Gasteiger partial charge in [-0.3, -0.25) is 0 Å². The van der Waals surface area contributed by atoms with E-state index in [0.717, 1.165) is 38.5 Å². The van der Waals surface area contributed by atoms with Gasteiger partial charge in [0.15, 0.2) is 0 Å². The van der Waals surface area contributed by atoms with E-state index in [1.165, 1.54) is 6.82 Å². The lowest BCUT2D eigenvalue weighted by Gasteiger charge is -2.33. The van der Waals surface area contributed by atoms with Crippen LogP contribution in [0.5, 0.6) is 0 Å². The topological polar surface area (TPSA) is 171 Å². The molecular weight excluding hydrogens is 419 g/mol. The van der Waals surface area contributed by atoms with Crippen molar-refractivity contribution < 1.29 is 14.3 Å². The van der Waals surface area contributed by atoms with Crippen LogP contribution >= 0.6 is 0 Å². The van der Waals surface area contributed by atoms with Gasteiger partial charge in [-0.2, -0.15) is 0 Å². The molecule has 0 radical (unpaired) electrons. The second kappa shape index (κ2) is 11.5. The van der Waals surface area contributed by atoms with Gasteiger partial charge < -0.3 is 45.4 Å². The maximum atomic E-state index is 11.1. The highest BCUT2D eigenvalue weighted by molar-refractivity contribution is 6.59. The van der Waals surface area contributed by atoms with Gasteiger partial charge >= 0.3 is 6.75 Å². The predicted octanol–water partition coefficient (Wildman–Crippen LogP) is 4.21. The van der Waals surface area contributed by atoms with E-state index in [2.05, 4.69) is 30.9 Å². The first-order valence-corrected chi connectivity index (χ1v) is 11.1. The highest BCUT2D eigenvalue weighted by Crippen LogP contribution is 2.20. The Morgan fingerprint density at radius 2 is 0.750 bits per heavy atom. The van der Waals surface area contributed by atoms with Crippen LogP contribution in [0.3, 0.4) is 0 Å². The number of nitrogens with zero attached hydrogens (tertiary/aromatic N) is 6. The molecule has 3 aliphatic carbocycles. The average molecular weight is 446 g/mol. The lowest BCUT2D eigenvalue weighted by atomic mass is 9.84. The zero-order valence-corrected chi connectivity index (χ0v) is 18.2. The van der Waals surface area contributed by atoms with Gasteiger partial charge in [-0.25, -0.2) is 0 Å². The molecule has 3 fully saturated rings. The number of hydrogen-bond acceptors (Lipinski definition) is 12. The van der Waals surface area contributed by atoms with Crippen LogP contribution in [0, 0.1) is 15.6 Å².